The van der Waals surface area contributed by atoms with E-state index in [0.717, 1.165) is 12.8 Å². The SMILES string of the molecule is CCc1nnc(COC(=O)c2ccc(Cl)c(S(=O)(=O)N3CCCC3)c2)o1. The first-order valence-electron chi connectivity index (χ1n) is 8.20. The number of esters is 1. The highest BCUT2D eigenvalue weighted by Crippen LogP contribution is 2.28. The van der Waals surface area contributed by atoms with E-state index in [1.807, 2.05) is 6.92 Å². The molecule has 0 N–H and O–H groups in total. The fourth-order valence-corrected chi connectivity index (χ4v) is 4.61. The van der Waals surface area contributed by atoms with Crippen LogP contribution in [0.5, 0.6) is 0 Å². The molecule has 1 fully saturated rings. The van der Waals surface area contributed by atoms with Gasteiger partial charge in [0.1, 0.15) is 4.90 Å². The lowest BCUT2D eigenvalue weighted by Crippen LogP contribution is -2.28. The van der Waals surface area contributed by atoms with Crippen LogP contribution in [0.1, 0.15) is 41.9 Å². The smallest absolute Gasteiger partial charge is 0.338 e. The van der Waals surface area contributed by atoms with Crippen molar-refractivity contribution in [3.05, 3.63) is 40.6 Å². The van der Waals surface area contributed by atoms with Crippen LogP contribution in [0, 0.1) is 0 Å². The predicted octanol–water partition coefficient (Wildman–Crippen LogP) is 2.43. The molecule has 1 aromatic heterocycles. The highest BCUT2D eigenvalue weighted by Gasteiger charge is 2.30. The van der Waals surface area contributed by atoms with Crippen LogP contribution in [-0.2, 0) is 27.8 Å². The molecule has 140 valence electrons. The number of sulfonamides is 1. The number of aryl methyl sites for hydroxylation is 1. The Balaban J connectivity index is 1.76. The van der Waals surface area contributed by atoms with Crippen molar-refractivity contribution in [1.29, 1.82) is 0 Å². The largest absolute Gasteiger partial charge is 0.452 e. The van der Waals surface area contributed by atoms with Gasteiger partial charge in [0.25, 0.3) is 5.89 Å². The van der Waals surface area contributed by atoms with Gasteiger partial charge in [0.15, 0.2) is 6.61 Å². The van der Waals surface area contributed by atoms with Gasteiger partial charge in [-0.15, -0.1) is 10.2 Å². The van der Waals surface area contributed by atoms with E-state index in [-0.39, 0.29) is 28.0 Å². The van der Waals surface area contributed by atoms with Crippen LogP contribution < -0.4 is 0 Å². The van der Waals surface area contributed by atoms with Crippen LogP contribution in [0.15, 0.2) is 27.5 Å². The van der Waals surface area contributed by atoms with Crippen molar-refractivity contribution in [3.63, 3.8) is 0 Å². The van der Waals surface area contributed by atoms with E-state index in [9.17, 15) is 13.2 Å². The van der Waals surface area contributed by atoms with Crippen molar-refractivity contribution in [2.75, 3.05) is 13.1 Å². The van der Waals surface area contributed by atoms with Gasteiger partial charge in [0, 0.05) is 19.5 Å². The molecule has 0 atom stereocenters. The first-order chi connectivity index (χ1) is 12.4. The summed E-state index contributed by atoms with van der Waals surface area (Å²) in [7, 11) is -3.74. The molecule has 26 heavy (non-hydrogen) atoms. The summed E-state index contributed by atoms with van der Waals surface area (Å²) >= 11 is 6.06. The molecule has 10 heteroatoms. The normalized spacial score (nSPS) is 15.3. The number of hydrogen-bond donors (Lipinski definition) is 0. The molecule has 1 aliphatic rings. The van der Waals surface area contributed by atoms with Crippen molar-refractivity contribution < 1.29 is 22.4 Å². The molecule has 3 rings (SSSR count). The Kier molecular flexibility index (Phi) is 5.59. The molecule has 2 aromatic rings. The van der Waals surface area contributed by atoms with Crippen LogP contribution in [0.3, 0.4) is 0 Å². The number of carbonyl (C=O) groups is 1. The van der Waals surface area contributed by atoms with Gasteiger partial charge in [-0.1, -0.05) is 18.5 Å². The molecule has 0 unspecified atom stereocenters. The summed E-state index contributed by atoms with van der Waals surface area (Å²) in [5.74, 6) is -0.0774. The summed E-state index contributed by atoms with van der Waals surface area (Å²) in [6, 6.07) is 4.03. The van der Waals surface area contributed by atoms with Gasteiger partial charge in [-0.3, -0.25) is 0 Å². The minimum atomic E-state index is -3.74. The van der Waals surface area contributed by atoms with Gasteiger partial charge in [-0.2, -0.15) is 4.31 Å². The van der Waals surface area contributed by atoms with E-state index in [0.29, 0.717) is 25.4 Å². The van der Waals surface area contributed by atoms with Crippen LogP contribution in [0.2, 0.25) is 5.02 Å². The molecule has 0 spiro atoms. The average Bonchev–Trinajstić information content (AvgIpc) is 3.31. The molecule has 0 bridgehead atoms. The van der Waals surface area contributed by atoms with Crippen molar-refractivity contribution in [2.45, 2.75) is 37.7 Å². The first-order valence-corrected chi connectivity index (χ1v) is 10.0. The van der Waals surface area contributed by atoms with E-state index >= 15 is 0 Å². The topological polar surface area (TPSA) is 103 Å². The number of nitrogens with zero attached hydrogens (tertiary/aromatic N) is 3. The second-order valence-corrected chi connectivity index (χ2v) is 8.09. The van der Waals surface area contributed by atoms with Gasteiger partial charge < -0.3 is 9.15 Å². The van der Waals surface area contributed by atoms with Crippen LogP contribution in [0.25, 0.3) is 0 Å². The highest BCUT2D eigenvalue weighted by atomic mass is 35.5. The number of rotatable bonds is 6. The van der Waals surface area contributed by atoms with Crippen LogP contribution in [-0.4, -0.2) is 42.0 Å². The Labute approximate surface area is 156 Å². The van der Waals surface area contributed by atoms with Gasteiger partial charge in [-0.05, 0) is 31.0 Å². The zero-order valence-electron chi connectivity index (χ0n) is 14.1. The monoisotopic (exact) mass is 399 g/mol. The molecule has 0 amide bonds. The fraction of sp³-hybridized carbons (Fsp3) is 0.438. The fourth-order valence-electron chi connectivity index (χ4n) is 2.60. The van der Waals surface area contributed by atoms with E-state index in [1.165, 1.54) is 22.5 Å². The number of benzene rings is 1. The summed E-state index contributed by atoms with van der Waals surface area (Å²) in [6.45, 7) is 2.57. The second kappa shape index (κ2) is 7.73. The number of hydrogen-bond acceptors (Lipinski definition) is 7. The zero-order valence-corrected chi connectivity index (χ0v) is 15.7. The molecule has 0 radical (unpaired) electrons. The Morgan fingerprint density at radius 3 is 2.62 bits per heavy atom. The van der Waals surface area contributed by atoms with Gasteiger partial charge in [-0.25, -0.2) is 13.2 Å². The van der Waals surface area contributed by atoms with E-state index in [1.54, 1.807) is 0 Å². The average molecular weight is 400 g/mol. The van der Waals surface area contributed by atoms with Crippen molar-refractivity contribution in [1.82, 2.24) is 14.5 Å². The zero-order chi connectivity index (χ0) is 18.7. The van der Waals surface area contributed by atoms with E-state index in [4.69, 9.17) is 20.8 Å². The maximum atomic E-state index is 12.7. The van der Waals surface area contributed by atoms with Crippen LogP contribution >= 0.6 is 11.6 Å². The third-order valence-corrected chi connectivity index (χ3v) is 6.37. The molecule has 8 nitrogen and oxygen atoms in total. The quantitative estimate of drug-likeness (QED) is 0.687. The summed E-state index contributed by atoms with van der Waals surface area (Å²) in [5, 5.41) is 7.60. The lowest BCUT2D eigenvalue weighted by Gasteiger charge is -2.17. The molecule has 1 aliphatic heterocycles. The molecule has 1 aromatic carbocycles. The summed E-state index contributed by atoms with van der Waals surface area (Å²) in [6.07, 6.45) is 2.20. The lowest BCUT2D eigenvalue weighted by atomic mass is 10.2. The minimum Gasteiger partial charge on any atom is -0.452 e. The summed E-state index contributed by atoms with van der Waals surface area (Å²) in [5.41, 5.74) is 0.0856. The van der Waals surface area contributed by atoms with Crippen molar-refractivity contribution in [2.24, 2.45) is 0 Å². The minimum absolute atomic E-state index is 0.0675. The van der Waals surface area contributed by atoms with E-state index in [2.05, 4.69) is 10.2 Å². The van der Waals surface area contributed by atoms with Gasteiger partial charge >= 0.3 is 5.97 Å². The molecule has 0 aliphatic carbocycles. The number of ether oxygens (including phenoxy) is 1. The van der Waals surface area contributed by atoms with Gasteiger partial charge in [0.05, 0.1) is 10.6 Å². The first kappa shape index (κ1) is 18.8. The Hall–Kier alpha value is -1.97. The third kappa shape index (κ3) is 3.89. The molecule has 2 heterocycles. The maximum absolute atomic E-state index is 12.7. The number of halogens is 1. The molecule has 1 saturated heterocycles. The predicted molar refractivity (Wildman–Crippen MR) is 92.2 cm³/mol. The standard InChI is InChI=1S/C16H18ClN3O5S/c1-2-14-18-19-15(25-14)10-24-16(21)11-5-6-12(17)13(9-11)26(22,23)20-7-3-4-8-20/h5-6,9H,2-4,7-8,10H2,1H3. The van der Waals surface area contributed by atoms with E-state index < -0.39 is 16.0 Å². The van der Waals surface area contributed by atoms with Gasteiger partial charge in [0.2, 0.25) is 15.9 Å². The summed E-state index contributed by atoms with van der Waals surface area (Å²) < 4.78 is 37.2. The molecular formula is C16H18ClN3O5S. The third-order valence-electron chi connectivity index (χ3n) is 3.99. The maximum Gasteiger partial charge on any atom is 0.338 e. The second-order valence-electron chi connectivity index (χ2n) is 5.78. The highest BCUT2D eigenvalue weighted by molar-refractivity contribution is 7.89. The molecule has 0 saturated carbocycles. The van der Waals surface area contributed by atoms with Crippen LogP contribution in [0.4, 0.5) is 0 Å². The Morgan fingerprint density at radius 2 is 1.96 bits per heavy atom. The molecular weight excluding hydrogens is 382 g/mol. The van der Waals surface area contributed by atoms with Crippen molar-refractivity contribution in [3.8, 4) is 0 Å². The summed E-state index contributed by atoms with van der Waals surface area (Å²) in [4.78, 5) is 12.1. The van der Waals surface area contributed by atoms with Crippen molar-refractivity contribution >= 4 is 27.6 Å². The number of aromatic nitrogens is 2. The number of carbonyl (C=O) groups excluding carboxylic acids is 1. The lowest BCUT2D eigenvalue weighted by molar-refractivity contribution is 0.0436. The Morgan fingerprint density at radius 1 is 1.27 bits per heavy atom. The Bertz CT molecular complexity index is 906.